The smallest absolute Gasteiger partial charge is 0.0346 e. The van der Waals surface area contributed by atoms with Crippen LogP contribution < -0.4 is 5.32 Å². The molecule has 1 fully saturated rings. The first-order chi connectivity index (χ1) is 9.55. The largest absolute Gasteiger partial charge is 0.310 e. The first kappa shape index (κ1) is 13.6. The van der Waals surface area contributed by atoms with Gasteiger partial charge in [0.25, 0.3) is 0 Å². The van der Waals surface area contributed by atoms with Gasteiger partial charge in [-0.25, -0.2) is 0 Å². The van der Waals surface area contributed by atoms with E-state index in [0.717, 1.165) is 6.54 Å². The van der Waals surface area contributed by atoms with E-state index in [1.165, 1.54) is 41.2 Å². The van der Waals surface area contributed by atoms with E-state index >= 15 is 0 Å². The molecule has 1 N–H and O–H groups in total. The zero-order chi connectivity index (χ0) is 14.2. The average molecular weight is 268 g/mol. The predicted molar refractivity (Wildman–Crippen MR) is 85.0 cm³/mol. The molecule has 1 saturated heterocycles. The number of nitrogens with one attached hydrogen (secondary N) is 1. The number of aromatic nitrogens is 1. The molecule has 1 atom stereocenters. The first-order valence-electron chi connectivity index (χ1n) is 7.67. The zero-order valence-corrected chi connectivity index (χ0v) is 12.7. The van der Waals surface area contributed by atoms with Crippen molar-refractivity contribution in [1.82, 2.24) is 10.3 Å². The van der Waals surface area contributed by atoms with Crippen LogP contribution in [0.15, 0.2) is 30.6 Å². The molecule has 0 bridgehead atoms. The van der Waals surface area contributed by atoms with Crippen LogP contribution in [0.4, 0.5) is 0 Å². The highest BCUT2D eigenvalue weighted by Gasteiger charge is 2.19. The van der Waals surface area contributed by atoms with Crippen LogP contribution in [0, 0.1) is 0 Å². The van der Waals surface area contributed by atoms with E-state index in [2.05, 4.69) is 49.3 Å². The van der Waals surface area contributed by atoms with Crippen LogP contribution in [-0.4, -0.2) is 11.5 Å². The van der Waals surface area contributed by atoms with Gasteiger partial charge in [0.1, 0.15) is 0 Å². The molecule has 3 rings (SSSR count). The Bertz CT molecular complexity index is 604. The van der Waals surface area contributed by atoms with Gasteiger partial charge in [0.15, 0.2) is 0 Å². The average Bonchev–Trinajstić information content (AvgIpc) is 2.46. The van der Waals surface area contributed by atoms with Gasteiger partial charge in [0.05, 0.1) is 0 Å². The van der Waals surface area contributed by atoms with Gasteiger partial charge in [-0.15, -0.1) is 0 Å². The molecule has 20 heavy (non-hydrogen) atoms. The molecule has 2 heteroatoms. The van der Waals surface area contributed by atoms with Gasteiger partial charge in [-0.3, -0.25) is 4.98 Å². The highest BCUT2D eigenvalue weighted by molar-refractivity contribution is 5.86. The second kappa shape index (κ2) is 5.17. The van der Waals surface area contributed by atoms with Crippen LogP contribution in [0.25, 0.3) is 10.8 Å². The lowest BCUT2D eigenvalue weighted by Crippen LogP contribution is -2.26. The van der Waals surface area contributed by atoms with Gasteiger partial charge >= 0.3 is 0 Å². The third-order valence-electron chi connectivity index (χ3n) is 4.30. The fourth-order valence-corrected chi connectivity index (χ4v) is 3.15. The molecule has 106 valence electrons. The lowest BCUT2D eigenvalue weighted by molar-refractivity contribution is 0.412. The summed E-state index contributed by atoms with van der Waals surface area (Å²) in [4.78, 5) is 4.45. The summed E-state index contributed by atoms with van der Waals surface area (Å²) >= 11 is 0. The predicted octanol–water partition coefficient (Wildman–Crippen LogP) is 4.35. The van der Waals surface area contributed by atoms with E-state index in [1.807, 2.05) is 12.4 Å². The molecule has 0 amide bonds. The van der Waals surface area contributed by atoms with Crippen molar-refractivity contribution >= 4 is 10.8 Å². The Hall–Kier alpha value is -1.41. The van der Waals surface area contributed by atoms with Gasteiger partial charge in [0.2, 0.25) is 0 Å². The van der Waals surface area contributed by atoms with Crippen molar-refractivity contribution in [2.75, 3.05) is 6.54 Å². The molecule has 2 nitrogen and oxygen atoms in total. The molecule has 0 saturated carbocycles. The molecular formula is C18H24N2. The summed E-state index contributed by atoms with van der Waals surface area (Å²) in [5, 5.41) is 6.23. The van der Waals surface area contributed by atoms with Crippen LogP contribution in [0.1, 0.15) is 57.2 Å². The van der Waals surface area contributed by atoms with Gasteiger partial charge in [-0.1, -0.05) is 39.3 Å². The van der Waals surface area contributed by atoms with Crippen LogP contribution in [0.5, 0.6) is 0 Å². The molecule has 1 aromatic heterocycles. The minimum absolute atomic E-state index is 0.136. The molecule has 0 spiro atoms. The lowest BCUT2D eigenvalue weighted by Gasteiger charge is -2.25. The van der Waals surface area contributed by atoms with Crippen molar-refractivity contribution in [3.05, 3.63) is 41.7 Å². The van der Waals surface area contributed by atoms with Crippen molar-refractivity contribution in [2.45, 2.75) is 51.5 Å². The second-order valence-corrected chi connectivity index (χ2v) is 6.92. The van der Waals surface area contributed by atoms with E-state index < -0.39 is 0 Å². The molecule has 1 aliphatic rings. The monoisotopic (exact) mass is 268 g/mol. The number of fused-ring (bicyclic) bond motifs is 1. The Morgan fingerprint density at radius 1 is 1.15 bits per heavy atom. The maximum Gasteiger partial charge on any atom is 0.0346 e. The number of nitrogens with zero attached hydrogens (tertiary/aromatic N) is 1. The third-order valence-corrected chi connectivity index (χ3v) is 4.30. The van der Waals surface area contributed by atoms with E-state index in [9.17, 15) is 0 Å². The molecule has 1 aliphatic heterocycles. The van der Waals surface area contributed by atoms with Crippen LogP contribution in [-0.2, 0) is 5.41 Å². The number of rotatable bonds is 1. The Balaban J connectivity index is 2.04. The highest BCUT2D eigenvalue weighted by atomic mass is 14.9. The van der Waals surface area contributed by atoms with Gasteiger partial charge < -0.3 is 5.32 Å². The molecule has 2 heterocycles. The normalized spacial score (nSPS) is 20.2. The quantitative estimate of drug-likeness (QED) is 0.832. The number of hydrogen-bond donors (Lipinski definition) is 1. The Labute approximate surface area is 121 Å². The summed E-state index contributed by atoms with van der Waals surface area (Å²) in [6.45, 7) is 7.89. The van der Waals surface area contributed by atoms with E-state index in [1.54, 1.807) is 0 Å². The lowest BCUT2D eigenvalue weighted by atomic mass is 9.84. The number of benzene rings is 1. The SMILES string of the molecule is CC(C)(C)c1cncc2cc(C3CCCCN3)ccc12. The Kier molecular flexibility index (Phi) is 3.51. The van der Waals surface area contributed by atoms with E-state index in [-0.39, 0.29) is 5.41 Å². The summed E-state index contributed by atoms with van der Waals surface area (Å²) in [7, 11) is 0. The summed E-state index contributed by atoms with van der Waals surface area (Å²) in [5.74, 6) is 0. The van der Waals surface area contributed by atoms with Crippen LogP contribution >= 0.6 is 0 Å². The van der Waals surface area contributed by atoms with Crippen molar-refractivity contribution in [3.8, 4) is 0 Å². The van der Waals surface area contributed by atoms with E-state index in [4.69, 9.17) is 0 Å². The van der Waals surface area contributed by atoms with Crippen molar-refractivity contribution < 1.29 is 0 Å². The summed E-state index contributed by atoms with van der Waals surface area (Å²) in [6.07, 6.45) is 7.89. The van der Waals surface area contributed by atoms with Crippen molar-refractivity contribution in [3.63, 3.8) is 0 Å². The highest BCUT2D eigenvalue weighted by Crippen LogP contribution is 2.31. The molecule has 0 radical (unpaired) electrons. The maximum absolute atomic E-state index is 4.45. The number of piperidine rings is 1. The van der Waals surface area contributed by atoms with Crippen molar-refractivity contribution in [2.24, 2.45) is 0 Å². The summed E-state index contributed by atoms with van der Waals surface area (Å²) in [5.41, 5.74) is 2.88. The standard InChI is InChI=1S/C18H24N2/c1-18(2,3)16-12-19-11-14-10-13(7-8-15(14)16)17-6-4-5-9-20-17/h7-8,10-12,17,20H,4-6,9H2,1-3H3. The van der Waals surface area contributed by atoms with Gasteiger partial charge in [0, 0.05) is 23.8 Å². The second-order valence-electron chi connectivity index (χ2n) is 6.92. The van der Waals surface area contributed by atoms with Gasteiger partial charge in [-0.2, -0.15) is 0 Å². The minimum Gasteiger partial charge on any atom is -0.310 e. The maximum atomic E-state index is 4.45. The Morgan fingerprint density at radius 3 is 2.70 bits per heavy atom. The first-order valence-corrected chi connectivity index (χ1v) is 7.67. The summed E-state index contributed by atoms with van der Waals surface area (Å²) < 4.78 is 0. The molecule has 1 aromatic carbocycles. The van der Waals surface area contributed by atoms with Gasteiger partial charge in [-0.05, 0) is 47.4 Å². The number of pyridine rings is 1. The number of hydrogen-bond acceptors (Lipinski definition) is 2. The zero-order valence-electron chi connectivity index (χ0n) is 12.7. The molecule has 0 aliphatic carbocycles. The fraction of sp³-hybridized carbons (Fsp3) is 0.500. The fourth-order valence-electron chi connectivity index (χ4n) is 3.15. The van der Waals surface area contributed by atoms with Crippen LogP contribution in [0.2, 0.25) is 0 Å². The minimum atomic E-state index is 0.136. The topological polar surface area (TPSA) is 24.9 Å². The Morgan fingerprint density at radius 2 is 2.00 bits per heavy atom. The van der Waals surface area contributed by atoms with Crippen molar-refractivity contribution in [1.29, 1.82) is 0 Å². The van der Waals surface area contributed by atoms with Crippen LogP contribution in [0.3, 0.4) is 0 Å². The molecule has 1 unspecified atom stereocenters. The molecular weight excluding hydrogens is 244 g/mol. The summed E-state index contributed by atoms with van der Waals surface area (Å²) in [6, 6.07) is 7.41. The van der Waals surface area contributed by atoms with E-state index in [0.29, 0.717) is 6.04 Å². The molecule has 2 aromatic rings. The third kappa shape index (κ3) is 2.57.